The molecule has 2 fully saturated rings. The Kier molecular flexibility index (Phi) is 3.08. The van der Waals surface area contributed by atoms with Crippen molar-refractivity contribution < 1.29 is 4.74 Å². The zero-order valence-corrected chi connectivity index (χ0v) is 9.20. The Morgan fingerprint density at radius 1 is 1.21 bits per heavy atom. The minimum atomic E-state index is 0.711. The zero-order valence-electron chi connectivity index (χ0n) is 9.20. The molecule has 3 nitrogen and oxygen atoms in total. The predicted molar refractivity (Wildman–Crippen MR) is 57.2 cm³/mol. The molecule has 0 aliphatic carbocycles. The fourth-order valence-corrected chi connectivity index (χ4v) is 2.06. The van der Waals surface area contributed by atoms with Crippen LogP contribution in [0.1, 0.15) is 13.8 Å². The zero-order chi connectivity index (χ0) is 9.97. The van der Waals surface area contributed by atoms with E-state index < -0.39 is 0 Å². The molecule has 2 heterocycles. The van der Waals surface area contributed by atoms with Gasteiger partial charge in [0.2, 0.25) is 0 Å². The summed E-state index contributed by atoms with van der Waals surface area (Å²) in [4.78, 5) is 5.03. The number of hydrogen-bond donors (Lipinski definition) is 0. The smallest absolute Gasteiger partial charge is 0.0645 e. The number of allylic oxidation sites excluding steroid dienone is 2. The van der Waals surface area contributed by atoms with Gasteiger partial charge in [0, 0.05) is 31.9 Å². The van der Waals surface area contributed by atoms with Gasteiger partial charge >= 0.3 is 0 Å². The highest BCUT2D eigenvalue weighted by Gasteiger charge is 2.28. The van der Waals surface area contributed by atoms with Crippen LogP contribution in [0.4, 0.5) is 0 Å². The minimum Gasteiger partial charge on any atom is -0.378 e. The standard InChI is InChI=1S/C11H20N2O/c1-3-10(2)12-4-6-13(7-5-12)11-8-14-9-11/h3,11H,4-9H2,1-2H3. The van der Waals surface area contributed by atoms with Crippen LogP contribution in [0.25, 0.3) is 0 Å². The molecule has 2 rings (SSSR count). The van der Waals surface area contributed by atoms with Gasteiger partial charge in [-0.1, -0.05) is 6.08 Å². The van der Waals surface area contributed by atoms with E-state index in [4.69, 9.17) is 4.74 Å². The van der Waals surface area contributed by atoms with Gasteiger partial charge < -0.3 is 9.64 Å². The molecule has 0 aromatic carbocycles. The lowest BCUT2D eigenvalue weighted by atomic mass is 10.2. The quantitative estimate of drug-likeness (QED) is 0.653. The van der Waals surface area contributed by atoms with Crippen molar-refractivity contribution in [1.29, 1.82) is 0 Å². The molecule has 0 bridgehead atoms. The molecule has 2 aliphatic heterocycles. The molecule has 0 unspecified atom stereocenters. The van der Waals surface area contributed by atoms with E-state index in [0.29, 0.717) is 6.04 Å². The van der Waals surface area contributed by atoms with Crippen molar-refractivity contribution in [2.45, 2.75) is 19.9 Å². The summed E-state index contributed by atoms with van der Waals surface area (Å²) >= 11 is 0. The van der Waals surface area contributed by atoms with Crippen LogP contribution in [0.15, 0.2) is 11.8 Å². The summed E-state index contributed by atoms with van der Waals surface area (Å²) in [6.45, 7) is 10.9. The Bertz CT molecular complexity index is 215. The van der Waals surface area contributed by atoms with Crippen LogP contribution in [0.5, 0.6) is 0 Å². The third kappa shape index (κ3) is 1.93. The molecule has 14 heavy (non-hydrogen) atoms. The molecule has 0 aromatic heterocycles. The number of rotatable bonds is 2. The molecule has 2 saturated heterocycles. The van der Waals surface area contributed by atoms with Gasteiger partial charge in [-0.3, -0.25) is 4.90 Å². The van der Waals surface area contributed by atoms with Gasteiger partial charge in [-0.25, -0.2) is 0 Å². The van der Waals surface area contributed by atoms with Crippen molar-refractivity contribution in [1.82, 2.24) is 9.80 Å². The molecule has 0 spiro atoms. The molecule has 0 radical (unpaired) electrons. The van der Waals surface area contributed by atoms with Gasteiger partial charge in [0.05, 0.1) is 19.3 Å². The van der Waals surface area contributed by atoms with E-state index in [9.17, 15) is 0 Å². The largest absolute Gasteiger partial charge is 0.378 e. The molecule has 2 aliphatic rings. The van der Waals surface area contributed by atoms with E-state index in [0.717, 1.165) is 13.2 Å². The van der Waals surface area contributed by atoms with Crippen molar-refractivity contribution >= 4 is 0 Å². The lowest BCUT2D eigenvalue weighted by Crippen LogP contribution is -2.56. The highest BCUT2D eigenvalue weighted by Crippen LogP contribution is 2.15. The van der Waals surface area contributed by atoms with Gasteiger partial charge in [-0.05, 0) is 13.8 Å². The van der Waals surface area contributed by atoms with E-state index in [2.05, 4.69) is 29.7 Å². The molecule has 0 aromatic rings. The van der Waals surface area contributed by atoms with E-state index in [1.807, 2.05) is 0 Å². The van der Waals surface area contributed by atoms with Crippen molar-refractivity contribution in [3.05, 3.63) is 11.8 Å². The fraction of sp³-hybridized carbons (Fsp3) is 0.818. The summed E-state index contributed by atoms with van der Waals surface area (Å²) in [7, 11) is 0. The van der Waals surface area contributed by atoms with Gasteiger partial charge in [-0.2, -0.15) is 0 Å². The van der Waals surface area contributed by atoms with Gasteiger partial charge in [0.15, 0.2) is 0 Å². The van der Waals surface area contributed by atoms with Crippen LogP contribution in [0, 0.1) is 0 Å². The average Bonchev–Trinajstić information content (AvgIpc) is 2.15. The summed E-state index contributed by atoms with van der Waals surface area (Å²) in [5, 5.41) is 0. The van der Waals surface area contributed by atoms with E-state index in [1.165, 1.54) is 31.9 Å². The Morgan fingerprint density at radius 2 is 1.86 bits per heavy atom. The molecular weight excluding hydrogens is 176 g/mol. The molecule has 0 amide bonds. The van der Waals surface area contributed by atoms with Gasteiger partial charge in [0.1, 0.15) is 0 Å². The molecule has 0 N–H and O–H groups in total. The summed E-state index contributed by atoms with van der Waals surface area (Å²) in [5.41, 5.74) is 1.41. The summed E-state index contributed by atoms with van der Waals surface area (Å²) in [6, 6.07) is 0.711. The monoisotopic (exact) mass is 196 g/mol. The SMILES string of the molecule is CC=C(C)N1CCN(C2COC2)CC1. The molecule has 0 atom stereocenters. The first-order valence-corrected chi connectivity index (χ1v) is 5.51. The average molecular weight is 196 g/mol. The van der Waals surface area contributed by atoms with E-state index in [-0.39, 0.29) is 0 Å². The third-order valence-electron chi connectivity index (χ3n) is 3.37. The van der Waals surface area contributed by atoms with Crippen molar-refractivity contribution in [3.63, 3.8) is 0 Å². The van der Waals surface area contributed by atoms with Crippen LogP contribution >= 0.6 is 0 Å². The Balaban J connectivity index is 1.79. The minimum absolute atomic E-state index is 0.711. The van der Waals surface area contributed by atoms with Crippen LogP contribution in [0.3, 0.4) is 0 Å². The van der Waals surface area contributed by atoms with Crippen molar-refractivity contribution in [3.8, 4) is 0 Å². The lowest BCUT2D eigenvalue weighted by Gasteiger charge is -2.43. The summed E-state index contributed by atoms with van der Waals surface area (Å²) in [6.07, 6.45) is 2.20. The lowest BCUT2D eigenvalue weighted by molar-refractivity contribution is -0.0747. The number of ether oxygens (including phenoxy) is 1. The van der Waals surface area contributed by atoms with Crippen LogP contribution in [-0.4, -0.2) is 55.2 Å². The van der Waals surface area contributed by atoms with Crippen LogP contribution < -0.4 is 0 Å². The second-order valence-electron chi connectivity index (χ2n) is 4.14. The maximum atomic E-state index is 5.22. The molecule has 80 valence electrons. The van der Waals surface area contributed by atoms with E-state index in [1.54, 1.807) is 0 Å². The van der Waals surface area contributed by atoms with Crippen LogP contribution in [0.2, 0.25) is 0 Å². The summed E-state index contributed by atoms with van der Waals surface area (Å²) < 4.78 is 5.22. The maximum Gasteiger partial charge on any atom is 0.0645 e. The molecule has 0 saturated carbocycles. The maximum absolute atomic E-state index is 5.22. The highest BCUT2D eigenvalue weighted by atomic mass is 16.5. The Labute approximate surface area is 86.3 Å². The topological polar surface area (TPSA) is 15.7 Å². The predicted octanol–water partition coefficient (Wildman–Crippen LogP) is 0.927. The van der Waals surface area contributed by atoms with Crippen molar-refractivity contribution in [2.24, 2.45) is 0 Å². The molecule has 3 heteroatoms. The third-order valence-corrected chi connectivity index (χ3v) is 3.37. The number of piperazine rings is 1. The van der Waals surface area contributed by atoms with E-state index >= 15 is 0 Å². The first kappa shape index (κ1) is 9.99. The summed E-state index contributed by atoms with van der Waals surface area (Å²) in [5.74, 6) is 0. The number of nitrogens with zero attached hydrogens (tertiary/aromatic N) is 2. The first-order chi connectivity index (χ1) is 6.81. The first-order valence-electron chi connectivity index (χ1n) is 5.51. The normalized spacial score (nSPS) is 26.4. The van der Waals surface area contributed by atoms with Gasteiger partial charge in [-0.15, -0.1) is 0 Å². The van der Waals surface area contributed by atoms with Crippen molar-refractivity contribution in [2.75, 3.05) is 39.4 Å². The number of hydrogen-bond acceptors (Lipinski definition) is 3. The molecular formula is C11H20N2O. The van der Waals surface area contributed by atoms with Crippen LogP contribution in [-0.2, 0) is 4.74 Å². The fourth-order valence-electron chi connectivity index (χ4n) is 2.06. The second kappa shape index (κ2) is 4.32. The second-order valence-corrected chi connectivity index (χ2v) is 4.14. The Hall–Kier alpha value is -0.540. The highest BCUT2D eigenvalue weighted by molar-refractivity contribution is 4.98. The van der Waals surface area contributed by atoms with Gasteiger partial charge in [0.25, 0.3) is 0 Å². The Morgan fingerprint density at radius 3 is 2.29 bits per heavy atom.